The number of hydrogen-bond acceptors (Lipinski definition) is 8. The minimum atomic E-state index is -3.20. The number of fused-ring (bicyclic) bond motifs is 1. The first-order valence-corrected chi connectivity index (χ1v) is 13.2. The highest BCUT2D eigenvalue weighted by Crippen LogP contribution is 2.38. The largest absolute Gasteiger partial charge is 0.462 e. The molecule has 7 nitrogen and oxygen atoms in total. The molecule has 0 aliphatic carbocycles. The Morgan fingerprint density at radius 2 is 2.00 bits per heavy atom. The third kappa shape index (κ3) is 4.86. The molecular formula is C21H20N2O5S3. The van der Waals surface area contributed by atoms with E-state index < -0.39 is 15.8 Å². The van der Waals surface area contributed by atoms with Crippen molar-refractivity contribution in [1.82, 2.24) is 4.98 Å². The van der Waals surface area contributed by atoms with Crippen molar-refractivity contribution in [2.24, 2.45) is 0 Å². The molecule has 0 radical (unpaired) electrons. The average molecular weight is 477 g/mol. The van der Waals surface area contributed by atoms with Crippen LogP contribution in [0, 0.1) is 0 Å². The van der Waals surface area contributed by atoms with Crippen LogP contribution in [-0.2, 0) is 38.0 Å². The lowest BCUT2D eigenvalue weighted by atomic mass is 10.1. The van der Waals surface area contributed by atoms with Crippen molar-refractivity contribution in [3.8, 4) is 10.6 Å². The number of thiazole rings is 1. The number of sulfone groups is 1. The lowest BCUT2D eigenvalue weighted by Crippen LogP contribution is -2.20. The first kappa shape index (κ1) is 21.7. The summed E-state index contributed by atoms with van der Waals surface area (Å²) in [5.41, 5.74) is 2.54. The lowest BCUT2D eigenvalue weighted by molar-refractivity contribution is -0.115. The number of nitrogens with one attached hydrogen (secondary N) is 1. The summed E-state index contributed by atoms with van der Waals surface area (Å²) >= 11 is 2.59. The van der Waals surface area contributed by atoms with E-state index in [9.17, 15) is 18.0 Å². The number of nitrogens with zero attached hydrogens (tertiary/aromatic N) is 1. The van der Waals surface area contributed by atoms with Gasteiger partial charge in [-0.25, -0.2) is 18.2 Å². The summed E-state index contributed by atoms with van der Waals surface area (Å²) in [7, 11) is -3.20. The molecule has 1 aliphatic rings. The number of esters is 1. The van der Waals surface area contributed by atoms with Gasteiger partial charge in [-0.3, -0.25) is 4.79 Å². The van der Waals surface area contributed by atoms with Crippen LogP contribution in [0.3, 0.4) is 0 Å². The van der Waals surface area contributed by atoms with Gasteiger partial charge in [0.05, 0.1) is 35.8 Å². The van der Waals surface area contributed by atoms with E-state index in [2.05, 4.69) is 10.3 Å². The van der Waals surface area contributed by atoms with Gasteiger partial charge in [-0.1, -0.05) is 30.3 Å². The minimum absolute atomic E-state index is 0.0163. The highest BCUT2D eigenvalue weighted by Gasteiger charge is 2.32. The normalized spacial score (nSPS) is 14.6. The molecule has 0 saturated heterocycles. The van der Waals surface area contributed by atoms with Crippen molar-refractivity contribution in [1.29, 1.82) is 0 Å². The molecule has 3 heterocycles. The van der Waals surface area contributed by atoms with Gasteiger partial charge in [-0.15, -0.1) is 22.7 Å². The second-order valence-corrected chi connectivity index (χ2v) is 11.2. The van der Waals surface area contributed by atoms with Crippen LogP contribution < -0.4 is 5.32 Å². The molecule has 1 N–H and O–H groups in total. The van der Waals surface area contributed by atoms with Gasteiger partial charge in [-0.2, -0.15) is 0 Å². The molecule has 0 bridgehead atoms. The number of carbonyl (C=O) groups is 2. The lowest BCUT2D eigenvalue weighted by Gasteiger charge is -2.13. The van der Waals surface area contributed by atoms with Crippen LogP contribution in [0.15, 0.2) is 35.7 Å². The van der Waals surface area contributed by atoms with Crippen LogP contribution in [0.2, 0.25) is 0 Å². The Labute approximate surface area is 188 Å². The first-order valence-electron chi connectivity index (χ1n) is 9.68. The second-order valence-electron chi connectivity index (χ2n) is 7.01. The highest BCUT2D eigenvalue weighted by atomic mass is 32.2. The molecule has 31 heavy (non-hydrogen) atoms. The van der Waals surface area contributed by atoms with E-state index in [4.69, 9.17) is 4.74 Å². The first-order chi connectivity index (χ1) is 14.9. The number of benzene rings is 1. The van der Waals surface area contributed by atoms with Crippen LogP contribution in [0.1, 0.15) is 33.4 Å². The molecule has 162 valence electrons. The maximum absolute atomic E-state index is 12.7. The summed E-state index contributed by atoms with van der Waals surface area (Å²) < 4.78 is 29.2. The zero-order chi connectivity index (χ0) is 22.0. The van der Waals surface area contributed by atoms with Gasteiger partial charge in [0.2, 0.25) is 5.91 Å². The van der Waals surface area contributed by atoms with Gasteiger partial charge in [0, 0.05) is 15.8 Å². The maximum atomic E-state index is 12.7. The van der Waals surface area contributed by atoms with Crippen LogP contribution in [0.25, 0.3) is 10.6 Å². The fourth-order valence-electron chi connectivity index (χ4n) is 3.37. The summed E-state index contributed by atoms with van der Waals surface area (Å²) in [5.74, 6) is -1.01. The molecule has 10 heteroatoms. The Balaban J connectivity index is 1.55. The Hall–Kier alpha value is -2.56. The fourth-order valence-corrected chi connectivity index (χ4v) is 7.25. The van der Waals surface area contributed by atoms with Gasteiger partial charge >= 0.3 is 5.97 Å². The van der Waals surface area contributed by atoms with Crippen LogP contribution in [-0.4, -0.2) is 37.6 Å². The van der Waals surface area contributed by atoms with Crippen molar-refractivity contribution in [3.63, 3.8) is 0 Å². The molecule has 1 aliphatic heterocycles. The Morgan fingerprint density at radius 1 is 1.23 bits per heavy atom. The van der Waals surface area contributed by atoms with Crippen molar-refractivity contribution < 1.29 is 22.7 Å². The number of carbonyl (C=O) groups excluding carboxylic acids is 2. The molecule has 0 atom stereocenters. The summed E-state index contributed by atoms with van der Waals surface area (Å²) in [6, 6.07) is 9.70. The molecule has 1 aromatic carbocycles. The molecular weight excluding hydrogens is 456 g/mol. The second kappa shape index (κ2) is 8.89. The maximum Gasteiger partial charge on any atom is 0.341 e. The molecule has 0 unspecified atom stereocenters. The minimum Gasteiger partial charge on any atom is -0.462 e. The fraction of sp³-hybridized carbons (Fsp3) is 0.286. The number of anilines is 1. The standard InChI is InChI=1S/C21H20N2O5S3/c1-2-28-21(25)18-15-8-9-31(26,27)12-16(15)30-20(18)23-17(24)10-14-11-29-19(22-14)13-6-4-3-5-7-13/h3-7,11H,2,8-10,12H2,1H3,(H,23,24). The Bertz CT molecular complexity index is 1230. The monoisotopic (exact) mass is 476 g/mol. The summed E-state index contributed by atoms with van der Waals surface area (Å²) in [5, 5.41) is 5.78. The number of aromatic nitrogens is 1. The van der Waals surface area contributed by atoms with Crippen LogP contribution >= 0.6 is 22.7 Å². The smallest absolute Gasteiger partial charge is 0.341 e. The van der Waals surface area contributed by atoms with E-state index >= 15 is 0 Å². The zero-order valence-electron chi connectivity index (χ0n) is 16.7. The summed E-state index contributed by atoms with van der Waals surface area (Å²) in [6.07, 6.45) is 0.289. The Kier molecular flexibility index (Phi) is 6.22. The van der Waals surface area contributed by atoms with Crippen molar-refractivity contribution in [3.05, 3.63) is 57.4 Å². The van der Waals surface area contributed by atoms with E-state index in [1.807, 2.05) is 35.7 Å². The van der Waals surface area contributed by atoms with Gasteiger partial charge < -0.3 is 10.1 Å². The number of thiophene rings is 1. The van der Waals surface area contributed by atoms with E-state index in [0.29, 0.717) is 21.1 Å². The number of hydrogen-bond donors (Lipinski definition) is 1. The van der Waals surface area contributed by atoms with E-state index in [1.165, 1.54) is 11.3 Å². The highest BCUT2D eigenvalue weighted by molar-refractivity contribution is 7.90. The number of rotatable bonds is 6. The molecule has 0 spiro atoms. The summed E-state index contributed by atoms with van der Waals surface area (Å²) in [4.78, 5) is 30.3. The molecule has 4 rings (SSSR count). The van der Waals surface area contributed by atoms with E-state index in [0.717, 1.165) is 21.9 Å². The van der Waals surface area contributed by atoms with Crippen molar-refractivity contribution in [2.75, 3.05) is 17.7 Å². The van der Waals surface area contributed by atoms with Gasteiger partial charge in [0.25, 0.3) is 0 Å². The third-order valence-corrected chi connectivity index (χ3v) is 8.58. The predicted molar refractivity (Wildman–Crippen MR) is 121 cm³/mol. The molecule has 1 amide bonds. The van der Waals surface area contributed by atoms with Crippen LogP contribution in [0.5, 0.6) is 0 Å². The molecule has 2 aromatic heterocycles. The molecule has 3 aromatic rings. The predicted octanol–water partition coefficient (Wildman–Crippen LogP) is 3.70. The number of ether oxygens (including phenoxy) is 1. The molecule has 0 saturated carbocycles. The van der Waals surface area contributed by atoms with Gasteiger partial charge in [0.1, 0.15) is 10.0 Å². The molecule has 0 fully saturated rings. The van der Waals surface area contributed by atoms with Gasteiger partial charge in [-0.05, 0) is 18.9 Å². The van der Waals surface area contributed by atoms with Crippen LogP contribution in [0.4, 0.5) is 5.00 Å². The van der Waals surface area contributed by atoms with E-state index in [1.54, 1.807) is 6.92 Å². The van der Waals surface area contributed by atoms with E-state index in [-0.39, 0.29) is 42.4 Å². The SMILES string of the molecule is CCOC(=O)c1c(NC(=O)Cc2csc(-c3ccccc3)n2)sc2c1CCS(=O)(=O)C2. The Morgan fingerprint density at radius 3 is 2.74 bits per heavy atom. The quantitative estimate of drug-likeness (QED) is 0.544. The zero-order valence-corrected chi connectivity index (χ0v) is 19.2. The van der Waals surface area contributed by atoms with Crippen molar-refractivity contribution in [2.45, 2.75) is 25.5 Å². The van der Waals surface area contributed by atoms with Gasteiger partial charge in [0.15, 0.2) is 9.84 Å². The third-order valence-electron chi connectivity index (χ3n) is 4.75. The topological polar surface area (TPSA) is 102 Å². The number of amides is 1. The van der Waals surface area contributed by atoms with Crippen molar-refractivity contribution >= 4 is 49.4 Å². The summed E-state index contributed by atoms with van der Waals surface area (Å²) in [6.45, 7) is 1.89. The average Bonchev–Trinajstić information content (AvgIpc) is 3.32.